The number of aryl methyl sites for hydroxylation is 1. The Morgan fingerprint density at radius 1 is 1.40 bits per heavy atom. The van der Waals surface area contributed by atoms with Crippen LogP contribution in [0.1, 0.15) is 24.0 Å². The molecule has 0 aliphatic carbocycles. The van der Waals surface area contributed by atoms with E-state index in [9.17, 15) is 0 Å². The van der Waals surface area contributed by atoms with Gasteiger partial charge in [-0.3, -0.25) is 4.98 Å². The Morgan fingerprint density at radius 3 is 2.95 bits per heavy atom. The average molecular weight is 293 g/mol. The van der Waals surface area contributed by atoms with Gasteiger partial charge in [-0.2, -0.15) is 0 Å². The quantitative estimate of drug-likeness (QED) is 0.945. The maximum Gasteiger partial charge on any atom is 0.128 e. The molecule has 1 N–H and O–H groups in total. The first kappa shape index (κ1) is 13.4. The first-order valence-corrected chi connectivity index (χ1v) is 6.98. The van der Waals surface area contributed by atoms with Gasteiger partial charge in [0.05, 0.1) is 28.5 Å². The minimum atomic E-state index is 0.147. The van der Waals surface area contributed by atoms with Crippen molar-refractivity contribution in [1.29, 1.82) is 0 Å². The predicted octanol–water partition coefficient (Wildman–Crippen LogP) is 2.73. The molecule has 1 aliphatic rings. The van der Waals surface area contributed by atoms with Crippen molar-refractivity contribution >= 4 is 17.3 Å². The Bertz CT molecular complexity index is 587. The number of methoxy groups -OCH3 is 1. The Morgan fingerprint density at radius 2 is 2.25 bits per heavy atom. The molecule has 0 amide bonds. The molecule has 0 aromatic carbocycles. The van der Waals surface area contributed by atoms with Crippen molar-refractivity contribution < 1.29 is 4.74 Å². The minimum absolute atomic E-state index is 0.147. The first-order chi connectivity index (χ1) is 9.70. The lowest BCUT2D eigenvalue weighted by molar-refractivity contribution is 0.118. The third kappa shape index (κ3) is 2.27. The van der Waals surface area contributed by atoms with Gasteiger partial charge in [0, 0.05) is 38.7 Å². The average Bonchev–Trinajstić information content (AvgIpc) is 3.09. The molecule has 3 rings (SSSR count). The van der Waals surface area contributed by atoms with Crippen molar-refractivity contribution in [2.45, 2.75) is 25.5 Å². The van der Waals surface area contributed by atoms with Gasteiger partial charge in [0.15, 0.2) is 0 Å². The van der Waals surface area contributed by atoms with Crippen molar-refractivity contribution in [1.82, 2.24) is 15.0 Å². The number of hydrogen-bond donors (Lipinski definition) is 1. The molecule has 1 fully saturated rings. The lowest BCUT2D eigenvalue weighted by Gasteiger charge is -2.26. The first-order valence-electron chi connectivity index (χ1n) is 6.60. The van der Waals surface area contributed by atoms with Crippen LogP contribution in [0, 0.1) is 6.92 Å². The number of rotatable bonds is 3. The van der Waals surface area contributed by atoms with E-state index in [4.69, 9.17) is 16.3 Å². The zero-order valence-corrected chi connectivity index (χ0v) is 12.3. The fourth-order valence-corrected chi connectivity index (χ4v) is 2.93. The van der Waals surface area contributed by atoms with Gasteiger partial charge in [0.2, 0.25) is 0 Å². The van der Waals surface area contributed by atoms with E-state index in [1.54, 1.807) is 19.5 Å². The van der Waals surface area contributed by atoms with E-state index >= 15 is 0 Å². The third-order valence-corrected chi connectivity index (χ3v) is 4.25. The number of hydrogen-bond acceptors (Lipinski definition) is 4. The van der Waals surface area contributed by atoms with Crippen LogP contribution in [0.25, 0.3) is 0 Å². The summed E-state index contributed by atoms with van der Waals surface area (Å²) in [5.74, 6) is 0.940. The van der Waals surface area contributed by atoms with E-state index in [2.05, 4.69) is 19.9 Å². The normalized spacial score (nSPS) is 22.4. The number of pyridine rings is 1. The highest BCUT2D eigenvalue weighted by molar-refractivity contribution is 6.33. The molecule has 106 valence electrons. The summed E-state index contributed by atoms with van der Waals surface area (Å²) in [6.45, 7) is 2.71. The van der Waals surface area contributed by atoms with E-state index in [1.165, 1.54) is 0 Å². The van der Waals surface area contributed by atoms with Crippen molar-refractivity contribution in [2.24, 2.45) is 0 Å². The van der Waals surface area contributed by atoms with E-state index in [-0.39, 0.29) is 12.1 Å². The summed E-state index contributed by atoms with van der Waals surface area (Å²) in [5.41, 5.74) is 1.82. The molecule has 1 aliphatic heterocycles. The van der Waals surface area contributed by atoms with Crippen LogP contribution in [0.4, 0.5) is 5.69 Å². The van der Waals surface area contributed by atoms with E-state index in [0.29, 0.717) is 5.02 Å². The molecule has 0 bridgehead atoms. The molecule has 2 atom stereocenters. The lowest BCUT2D eigenvalue weighted by Crippen LogP contribution is -2.25. The van der Waals surface area contributed by atoms with Gasteiger partial charge < -0.3 is 14.6 Å². The Kier molecular flexibility index (Phi) is 3.63. The molecule has 0 saturated carbocycles. The van der Waals surface area contributed by atoms with E-state index in [0.717, 1.165) is 30.2 Å². The molecular weight excluding hydrogens is 276 g/mol. The van der Waals surface area contributed by atoms with Gasteiger partial charge >= 0.3 is 0 Å². The molecular formula is C14H17ClN4O. The maximum atomic E-state index is 6.42. The molecule has 20 heavy (non-hydrogen) atoms. The van der Waals surface area contributed by atoms with Crippen LogP contribution in [0.5, 0.6) is 0 Å². The third-order valence-electron chi connectivity index (χ3n) is 3.78. The summed E-state index contributed by atoms with van der Waals surface area (Å²) >= 11 is 6.42. The highest BCUT2D eigenvalue weighted by Crippen LogP contribution is 2.39. The molecule has 2 aromatic rings. The summed E-state index contributed by atoms with van der Waals surface area (Å²) < 4.78 is 5.52. The molecule has 6 heteroatoms. The number of ether oxygens (including phenoxy) is 1. The summed E-state index contributed by atoms with van der Waals surface area (Å²) in [5, 5.41) is 0.695. The SMILES string of the molecule is CO[C@@H]1CC(c2ncc[nH]2)N(c2ccnc(C)c2Cl)C1. The summed E-state index contributed by atoms with van der Waals surface area (Å²) in [6.07, 6.45) is 6.46. The number of aromatic nitrogens is 3. The number of H-pyrrole nitrogens is 1. The zero-order chi connectivity index (χ0) is 14.1. The molecule has 0 spiro atoms. The Balaban J connectivity index is 1.99. The fraction of sp³-hybridized carbons (Fsp3) is 0.429. The molecule has 5 nitrogen and oxygen atoms in total. The van der Waals surface area contributed by atoms with Crippen molar-refractivity contribution in [2.75, 3.05) is 18.6 Å². The minimum Gasteiger partial charge on any atom is -0.380 e. The second-order valence-corrected chi connectivity index (χ2v) is 5.34. The molecule has 2 aromatic heterocycles. The van der Waals surface area contributed by atoms with Crippen molar-refractivity contribution in [3.63, 3.8) is 0 Å². The molecule has 3 heterocycles. The Hall–Kier alpha value is -1.59. The van der Waals surface area contributed by atoms with E-state index in [1.807, 2.05) is 19.2 Å². The lowest BCUT2D eigenvalue weighted by atomic mass is 10.2. The van der Waals surface area contributed by atoms with Gasteiger partial charge in [-0.25, -0.2) is 4.98 Å². The maximum absolute atomic E-state index is 6.42. The van der Waals surface area contributed by atoms with Gasteiger partial charge in [-0.1, -0.05) is 11.6 Å². The second-order valence-electron chi connectivity index (χ2n) is 4.97. The van der Waals surface area contributed by atoms with E-state index < -0.39 is 0 Å². The monoisotopic (exact) mass is 292 g/mol. The fourth-order valence-electron chi connectivity index (χ4n) is 2.71. The summed E-state index contributed by atoms with van der Waals surface area (Å²) in [7, 11) is 1.74. The Labute approximate surface area is 122 Å². The topological polar surface area (TPSA) is 54.0 Å². The number of nitrogens with one attached hydrogen (secondary N) is 1. The highest BCUT2D eigenvalue weighted by atomic mass is 35.5. The van der Waals surface area contributed by atoms with Crippen LogP contribution >= 0.6 is 11.6 Å². The van der Waals surface area contributed by atoms with Gasteiger partial charge in [0.1, 0.15) is 5.82 Å². The molecule has 1 saturated heterocycles. The highest BCUT2D eigenvalue weighted by Gasteiger charge is 2.35. The zero-order valence-electron chi connectivity index (χ0n) is 11.5. The summed E-state index contributed by atoms with van der Waals surface area (Å²) in [6, 6.07) is 2.10. The van der Waals surface area contributed by atoms with Gasteiger partial charge in [-0.05, 0) is 13.0 Å². The number of halogens is 1. The van der Waals surface area contributed by atoms with Gasteiger partial charge in [0.25, 0.3) is 0 Å². The van der Waals surface area contributed by atoms with Crippen molar-refractivity contribution in [3.8, 4) is 0 Å². The standard InChI is InChI=1S/C14H17ClN4O/c1-9-13(15)11(3-4-16-9)19-8-10(20-2)7-12(19)14-17-5-6-18-14/h3-6,10,12H,7-8H2,1-2H3,(H,17,18)/t10-,12?/m1/s1. The van der Waals surface area contributed by atoms with Crippen LogP contribution < -0.4 is 4.90 Å². The predicted molar refractivity (Wildman–Crippen MR) is 78.1 cm³/mol. The van der Waals surface area contributed by atoms with Crippen LogP contribution in [0.15, 0.2) is 24.7 Å². The number of aromatic amines is 1. The molecule has 0 radical (unpaired) electrons. The van der Waals surface area contributed by atoms with Crippen LogP contribution in [-0.4, -0.2) is 34.7 Å². The van der Waals surface area contributed by atoms with Crippen LogP contribution in [0.2, 0.25) is 5.02 Å². The smallest absolute Gasteiger partial charge is 0.128 e. The van der Waals surface area contributed by atoms with Gasteiger partial charge in [-0.15, -0.1) is 0 Å². The molecule has 1 unspecified atom stereocenters. The van der Waals surface area contributed by atoms with Crippen molar-refractivity contribution in [3.05, 3.63) is 41.2 Å². The largest absolute Gasteiger partial charge is 0.380 e. The number of imidazole rings is 1. The van der Waals surface area contributed by atoms with Crippen LogP contribution in [0.3, 0.4) is 0 Å². The number of anilines is 1. The number of nitrogens with zero attached hydrogens (tertiary/aromatic N) is 3. The van der Waals surface area contributed by atoms with Crippen LogP contribution in [-0.2, 0) is 4.74 Å². The second kappa shape index (κ2) is 5.42. The summed E-state index contributed by atoms with van der Waals surface area (Å²) in [4.78, 5) is 14.0.